The zero-order valence-electron chi connectivity index (χ0n) is 11.8. The third-order valence-electron chi connectivity index (χ3n) is 3.13. The van der Waals surface area contributed by atoms with E-state index < -0.39 is 18.4 Å². The Morgan fingerprint density at radius 1 is 1.26 bits per heavy atom. The molecule has 0 aliphatic carbocycles. The van der Waals surface area contributed by atoms with Gasteiger partial charge in [-0.15, -0.1) is 0 Å². The summed E-state index contributed by atoms with van der Waals surface area (Å²) in [5.74, 6) is -0.315. The fourth-order valence-corrected chi connectivity index (χ4v) is 3.32. The van der Waals surface area contributed by atoms with Crippen LogP contribution in [0.3, 0.4) is 0 Å². The van der Waals surface area contributed by atoms with Crippen LogP contribution in [0.1, 0.15) is 5.76 Å². The van der Waals surface area contributed by atoms with Gasteiger partial charge in [-0.3, -0.25) is 14.5 Å². The highest BCUT2D eigenvalue weighted by Gasteiger charge is 2.33. The van der Waals surface area contributed by atoms with Crippen molar-refractivity contribution in [1.29, 1.82) is 0 Å². The second kappa shape index (κ2) is 6.39. The molecule has 0 spiro atoms. The van der Waals surface area contributed by atoms with E-state index in [1.54, 1.807) is 12.1 Å². The van der Waals surface area contributed by atoms with Crippen LogP contribution < -0.4 is 0 Å². The predicted molar refractivity (Wildman–Crippen MR) is 91.7 cm³/mol. The smallest absolute Gasteiger partial charge is 0.323 e. The van der Waals surface area contributed by atoms with Crippen LogP contribution in [0.5, 0.6) is 0 Å². The molecule has 1 fully saturated rings. The topological polar surface area (TPSA) is 70.8 Å². The lowest BCUT2D eigenvalue weighted by Gasteiger charge is -2.09. The number of benzene rings is 1. The highest BCUT2D eigenvalue weighted by Crippen LogP contribution is 2.33. The number of thioether (sulfide) groups is 1. The molecule has 0 atom stereocenters. The molecule has 0 radical (unpaired) electrons. The van der Waals surface area contributed by atoms with Crippen molar-refractivity contribution in [3.8, 4) is 11.3 Å². The Hall–Kier alpha value is -2.38. The lowest BCUT2D eigenvalue weighted by atomic mass is 10.2. The molecule has 5 nitrogen and oxygen atoms in total. The third-order valence-corrected chi connectivity index (χ3v) is 4.50. The van der Waals surface area contributed by atoms with Crippen molar-refractivity contribution < 1.29 is 19.1 Å². The summed E-state index contributed by atoms with van der Waals surface area (Å²) in [4.78, 5) is 24.4. The minimum absolute atomic E-state index is 0.235. The molecule has 1 N–H and O–H groups in total. The fourth-order valence-electron chi connectivity index (χ4n) is 2.09. The van der Waals surface area contributed by atoms with Crippen LogP contribution in [0.25, 0.3) is 17.4 Å². The van der Waals surface area contributed by atoms with Gasteiger partial charge >= 0.3 is 5.97 Å². The normalized spacial score (nSPS) is 16.3. The van der Waals surface area contributed by atoms with E-state index >= 15 is 0 Å². The summed E-state index contributed by atoms with van der Waals surface area (Å²) in [5.41, 5.74) is 0.936. The van der Waals surface area contributed by atoms with Crippen LogP contribution >= 0.6 is 24.0 Å². The molecule has 1 aliphatic rings. The lowest BCUT2D eigenvalue weighted by molar-refractivity contribution is -0.140. The maximum absolute atomic E-state index is 12.2. The summed E-state index contributed by atoms with van der Waals surface area (Å²) >= 11 is 6.11. The molecule has 1 amide bonds. The van der Waals surface area contributed by atoms with Gasteiger partial charge in [0.1, 0.15) is 22.4 Å². The Bertz CT molecular complexity index is 810. The first-order chi connectivity index (χ1) is 11.0. The van der Waals surface area contributed by atoms with Gasteiger partial charge in [0.2, 0.25) is 0 Å². The first-order valence-corrected chi connectivity index (χ1v) is 7.89. The standard InChI is InChI=1S/C16H11NO4S2/c18-14(19)9-17-15(20)13(23-16(17)22)8-11-6-7-12(21-11)10-4-2-1-3-5-10/h1-8H,9H2,(H,18,19)/b13-8+. The number of carboxylic acid groups (broad SMARTS) is 1. The van der Waals surface area contributed by atoms with Gasteiger partial charge in [0.25, 0.3) is 5.91 Å². The molecule has 23 heavy (non-hydrogen) atoms. The Labute approximate surface area is 141 Å². The van der Waals surface area contributed by atoms with Crippen molar-refractivity contribution in [2.45, 2.75) is 0 Å². The van der Waals surface area contributed by atoms with Crippen molar-refractivity contribution in [3.63, 3.8) is 0 Å². The van der Waals surface area contributed by atoms with Crippen LogP contribution in [0, 0.1) is 0 Å². The number of carboxylic acids is 1. The molecule has 0 unspecified atom stereocenters. The maximum Gasteiger partial charge on any atom is 0.323 e. The SMILES string of the molecule is O=C(O)CN1C(=O)/C(=C\c2ccc(-c3ccccc3)o2)SC1=S. The van der Waals surface area contributed by atoms with Crippen molar-refractivity contribution >= 4 is 46.3 Å². The number of carbonyl (C=O) groups excluding carboxylic acids is 1. The molecule has 2 aromatic rings. The van der Waals surface area contributed by atoms with Crippen LogP contribution in [0.15, 0.2) is 51.8 Å². The fraction of sp³-hybridized carbons (Fsp3) is 0.0625. The minimum atomic E-state index is -1.10. The van der Waals surface area contributed by atoms with E-state index in [1.807, 2.05) is 36.4 Å². The van der Waals surface area contributed by atoms with Gasteiger partial charge < -0.3 is 9.52 Å². The van der Waals surface area contributed by atoms with E-state index in [1.165, 1.54) is 0 Å². The largest absolute Gasteiger partial charge is 0.480 e. The molecule has 7 heteroatoms. The van der Waals surface area contributed by atoms with Crippen LogP contribution in [0.4, 0.5) is 0 Å². The first kappa shape index (κ1) is 15.5. The summed E-state index contributed by atoms with van der Waals surface area (Å²) in [6, 6.07) is 13.2. The van der Waals surface area contributed by atoms with Crippen LogP contribution in [0.2, 0.25) is 0 Å². The van der Waals surface area contributed by atoms with Gasteiger partial charge in [0.15, 0.2) is 0 Å². The molecule has 1 aromatic heterocycles. The number of nitrogens with zero attached hydrogens (tertiary/aromatic N) is 1. The molecular weight excluding hydrogens is 334 g/mol. The van der Waals surface area contributed by atoms with Gasteiger partial charge in [-0.2, -0.15) is 0 Å². The minimum Gasteiger partial charge on any atom is -0.480 e. The number of furan rings is 1. The molecule has 1 saturated heterocycles. The molecule has 2 heterocycles. The zero-order chi connectivity index (χ0) is 16.4. The van der Waals surface area contributed by atoms with E-state index in [-0.39, 0.29) is 4.32 Å². The maximum atomic E-state index is 12.2. The number of carbonyl (C=O) groups is 2. The molecular formula is C16H11NO4S2. The molecule has 0 saturated carbocycles. The summed E-state index contributed by atoms with van der Waals surface area (Å²) < 4.78 is 5.95. The molecule has 116 valence electrons. The Kier molecular flexibility index (Phi) is 4.31. The lowest BCUT2D eigenvalue weighted by Crippen LogP contribution is -2.33. The predicted octanol–water partition coefficient (Wildman–Crippen LogP) is 3.23. The number of amides is 1. The first-order valence-electron chi connectivity index (χ1n) is 6.67. The zero-order valence-corrected chi connectivity index (χ0v) is 13.4. The van der Waals surface area contributed by atoms with E-state index in [4.69, 9.17) is 21.7 Å². The highest BCUT2D eigenvalue weighted by atomic mass is 32.2. The molecule has 1 aromatic carbocycles. The van der Waals surface area contributed by atoms with Gasteiger partial charge in [-0.25, -0.2) is 0 Å². The number of rotatable bonds is 4. The van der Waals surface area contributed by atoms with Crippen molar-refractivity contribution in [2.24, 2.45) is 0 Å². The molecule has 0 bridgehead atoms. The number of hydrogen-bond donors (Lipinski definition) is 1. The van der Waals surface area contributed by atoms with Gasteiger partial charge in [0, 0.05) is 11.6 Å². The summed E-state index contributed by atoms with van der Waals surface area (Å²) in [6.07, 6.45) is 1.58. The Balaban J connectivity index is 1.83. The van der Waals surface area contributed by atoms with Gasteiger partial charge in [-0.05, 0) is 12.1 Å². The number of aliphatic carboxylic acids is 1. The van der Waals surface area contributed by atoms with E-state index in [0.29, 0.717) is 16.4 Å². The molecule has 1 aliphatic heterocycles. The van der Waals surface area contributed by atoms with Gasteiger partial charge in [0.05, 0.1) is 4.91 Å². The van der Waals surface area contributed by atoms with Crippen molar-refractivity contribution in [1.82, 2.24) is 4.90 Å². The molecule has 3 rings (SSSR count). The Morgan fingerprint density at radius 2 is 2.00 bits per heavy atom. The number of hydrogen-bond acceptors (Lipinski definition) is 5. The van der Waals surface area contributed by atoms with E-state index in [0.717, 1.165) is 22.2 Å². The third kappa shape index (κ3) is 3.35. The van der Waals surface area contributed by atoms with Crippen molar-refractivity contribution in [3.05, 3.63) is 53.1 Å². The average molecular weight is 345 g/mol. The van der Waals surface area contributed by atoms with Crippen LogP contribution in [-0.2, 0) is 9.59 Å². The van der Waals surface area contributed by atoms with Crippen LogP contribution in [-0.4, -0.2) is 32.7 Å². The van der Waals surface area contributed by atoms with E-state index in [2.05, 4.69) is 0 Å². The monoisotopic (exact) mass is 345 g/mol. The quantitative estimate of drug-likeness (QED) is 0.678. The summed E-state index contributed by atoms with van der Waals surface area (Å²) in [6.45, 7) is -0.435. The number of thiocarbonyl (C=S) groups is 1. The second-order valence-corrected chi connectivity index (χ2v) is 6.41. The summed E-state index contributed by atoms with van der Waals surface area (Å²) in [5, 5.41) is 8.81. The second-order valence-electron chi connectivity index (χ2n) is 4.73. The average Bonchev–Trinajstić information content (AvgIpc) is 3.09. The van der Waals surface area contributed by atoms with Gasteiger partial charge in [-0.1, -0.05) is 54.3 Å². The van der Waals surface area contributed by atoms with Crippen molar-refractivity contribution in [2.75, 3.05) is 6.54 Å². The highest BCUT2D eigenvalue weighted by molar-refractivity contribution is 8.26. The van der Waals surface area contributed by atoms with E-state index in [9.17, 15) is 9.59 Å². The summed E-state index contributed by atoms with van der Waals surface area (Å²) in [7, 11) is 0. The Morgan fingerprint density at radius 3 is 2.70 bits per heavy atom.